The predicted molar refractivity (Wildman–Crippen MR) is 59.5 cm³/mol. The monoisotopic (exact) mass is 206 g/mol. The summed E-state index contributed by atoms with van der Waals surface area (Å²) in [7, 11) is 0. The van der Waals surface area contributed by atoms with Crippen LogP contribution < -0.4 is 0 Å². The van der Waals surface area contributed by atoms with Crippen LogP contribution in [-0.4, -0.2) is 34.1 Å². The summed E-state index contributed by atoms with van der Waals surface area (Å²) in [5, 5.41) is 10.1. The van der Waals surface area contributed by atoms with Crippen molar-refractivity contribution >= 4 is 0 Å². The van der Waals surface area contributed by atoms with E-state index in [1.165, 1.54) is 12.8 Å². The van der Waals surface area contributed by atoms with Crippen LogP contribution >= 0.6 is 0 Å². The molecular weight excluding hydrogens is 188 g/mol. The van der Waals surface area contributed by atoms with Crippen molar-refractivity contribution in [1.29, 1.82) is 0 Å². The summed E-state index contributed by atoms with van der Waals surface area (Å²) >= 11 is 0. The maximum Gasteiger partial charge on any atom is 0.111 e. The van der Waals surface area contributed by atoms with E-state index in [9.17, 15) is 5.11 Å². The van der Waals surface area contributed by atoms with Gasteiger partial charge in [-0.25, -0.2) is 0 Å². The maximum atomic E-state index is 10.1. The van der Waals surface area contributed by atoms with Gasteiger partial charge in [-0.1, -0.05) is 6.07 Å². The Kier molecular flexibility index (Phi) is 3.34. The van der Waals surface area contributed by atoms with Crippen LogP contribution in [0.5, 0.6) is 0 Å². The largest absolute Gasteiger partial charge is 0.385 e. The Bertz CT molecular complexity index is 296. The molecule has 15 heavy (non-hydrogen) atoms. The van der Waals surface area contributed by atoms with Gasteiger partial charge in [0.15, 0.2) is 0 Å². The molecule has 0 amide bonds. The third-order valence-corrected chi connectivity index (χ3v) is 3.16. The Balaban J connectivity index is 2.03. The molecule has 1 fully saturated rings. The van der Waals surface area contributed by atoms with Crippen molar-refractivity contribution in [3.8, 4) is 0 Å². The van der Waals surface area contributed by atoms with Gasteiger partial charge in [-0.3, -0.25) is 9.88 Å². The number of likely N-dealkylation sites (tertiary alicyclic amines) is 1. The first-order valence-corrected chi connectivity index (χ1v) is 5.62. The van der Waals surface area contributed by atoms with Crippen LogP contribution in [0.3, 0.4) is 0 Å². The summed E-state index contributed by atoms with van der Waals surface area (Å²) < 4.78 is 0. The zero-order chi connectivity index (χ0) is 10.7. The fraction of sp³-hybridized carbons (Fsp3) is 0.583. The molecule has 82 valence electrons. The lowest BCUT2D eigenvalue weighted by molar-refractivity contribution is 0.0684. The van der Waals surface area contributed by atoms with E-state index in [-0.39, 0.29) is 6.04 Å². The van der Waals surface area contributed by atoms with Crippen LogP contribution in [0.4, 0.5) is 0 Å². The molecule has 0 aromatic carbocycles. The van der Waals surface area contributed by atoms with Gasteiger partial charge in [-0.2, -0.15) is 0 Å². The Hall–Kier alpha value is -0.930. The Labute approximate surface area is 90.8 Å². The molecule has 0 aliphatic carbocycles. The zero-order valence-electron chi connectivity index (χ0n) is 9.13. The molecule has 0 radical (unpaired) electrons. The quantitative estimate of drug-likeness (QED) is 0.816. The van der Waals surface area contributed by atoms with Crippen LogP contribution in [0.15, 0.2) is 24.4 Å². The summed E-state index contributed by atoms with van der Waals surface area (Å²) in [6.07, 6.45) is 3.76. The number of hydrogen-bond acceptors (Lipinski definition) is 3. The standard InChI is InChI=1S/C12H18N2O/c1-10(14-8-4-5-9-14)12(15)11-6-2-3-7-13-11/h2-3,6-7,10,12,15H,4-5,8-9H2,1H3/t10-,12+/m0/s1. The predicted octanol–water partition coefficient (Wildman–Crippen LogP) is 1.60. The van der Waals surface area contributed by atoms with Crippen molar-refractivity contribution in [2.45, 2.75) is 31.9 Å². The van der Waals surface area contributed by atoms with Gasteiger partial charge in [0.1, 0.15) is 6.10 Å². The zero-order valence-corrected chi connectivity index (χ0v) is 9.13. The fourth-order valence-electron chi connectivity index (χ4n) is 2.15. The third-order valence-electron chi connectivity index (χ3n) is 3.16. The molecule has 0 unspecified atom stereocenters. The number of aromatic nitrogens is 1. The van der Waals surface area contributed by atoms with E-state index in [0.717, 1.165) is 18.8 Å². The van der Waals surface area contributed by atoms with Crippen LogP contribution in [0.2, 0.25) is 0 Å². The van der Waals surface area contributed by atoms with E-state index >= 15 is 0 Å². The maximum absolute atomic E-state index is 10.1. The molecule has 1 aliphatic heterocycles. The summed E-state index contributed by atoms with van der Waals surface area (Å²) in [6, 6.07) is 5.85. The molecule has 1 N–H and O–H groups in total. The lowest BCUT2D eigenvalue weighted by Gasteiger charge is -2.27. The lowest BCUT2D eigenvalue weighted by Crippen LogP contribution is -2.35. The van der Waals surface area contributed by atoms with Crippen LogP contribution in [0, 0.1) is 0 Å². The Morgan fingerprint density at radius 2 is 2.07 bits per heavy atom. The minimum absolute atomic E-state index is 0.169. The van der Waals surface area contributed by atoms with Crippen molar-refractivity contribution in [1.82, 2.24) is 9.88 Å². The SMILES string of the molecule is C[C@@H]([C@@H](O)c1ccccn1)N1CCCC1. The molecule has 3 nitrogen and oxygen atoms in total. The van der Waals surface area contributed by atoms with Crippen molar-refractivity contribution in [3.05, 3.63) is 30.1 Å². The van der Waals surface area contributed by atoms with Gasteiger partial charge < -0.3 is 5.11 Å². The van der Waals surface area contributed by atoms with Gasteiger partial charge in [-0.15, -0.1) is 0 Å². The highest BCUT2D eigenvalue weighted by molar-refractivity contribution is 5.08. The molecule has 0 spiro atoms. The molecule has 0 bridgehead atoms. The number of aliphatic hydroxyl groups is 1. The van der Waals surface area contributed by atoms with Gasteiger partial charge in [0, 0.05) is 12.2 Å². The second kappa shape index (κ2) is 4.73. The van der Waals surface area contributed by atoms with Crippen LogP contribution in [0.1, 0.15) is 31.6 Å². The van der Waals surface area contributed by atoms with E-state index < -0.39 is 6.10 Å². The fourth-order valence-corrected chi connectivity index (χ4v) is 2.15. The lowest BCUT2D eigenvalue weighted by atomic mass is 10.1. The molecule has 1 aromatic heterocycles. The first-order valence-electron chi connectivity index (χ1n) is 5.62. The second-order valence-electron chi connectivity index (χ2n) is 4.18. The highest BCUT2D eigenvalue weighted by atomic mass is 16.3. The molecule has 1 aliphatic rings. The number of rotatable bonds is 3. The highest BCUT2D eigenvalue weighted by Gasteiger charge is 2.25. The van der Waals surface area contributed by atoms with Gasteiger partial charge in [0.2, 0.25) is 0 Å². The van der Waals surface area contributed by atoms with Gasteiger partial charge in [-0.05, 0) is 45.0 Å². The number of hydrogen-bond donors (Lipinski definition) is 1. The van der Waals surface area contributed by atoms with Crippen LogP contribution in [-0.2, 0) is 0 Å². The topological polar surface area (TPSA) is 36.4 Å². The summed E-state index contributed by atoms with van der Waals surface area (Å²) in [4.78, 5) is 6.53. The van der Waals surface area contributed by atoms with E-state index in [4.69, 9.17) is 0 Å². The molecule has 2 atom stereocenters. The van der Waals surface area contributed by atoms with Crippen molar-refractivity contribution in [2.75, 3.05) is 13.1 Å². The van der Waals surface area contributed by atoms with Gasteiger partial charge in [0.05, 0.1) is 5.69 Å². The van der Waals surface area contributed by atoms with Gasteiger partial charge in [0.25, 0.3) is 0 Å². The van der Waals surface area contributed by atoms with E-state index in [1.54, 1.807) is 6.20 Å². The number of nitrogens with zero attached hydrogens (tertiary/aromatic N) is 2. The molecule has 1 saturated heterocycles. The first-order chi connectivity index (χ1) is 7.29. The van der Waals surface area contributed by atoms with E-state index in [2.05, 4.69) is 16.8 Å². The minimum Gasteiger partial charge on any atom is -0.385 e. The number of aliphatic hydroxyl groups excluding tert-OH is 1. The molecule has 3 heteroatoms. The molecule has 0 saturated carbocycles. The molecule has 2 rings (SSSR count). The van der Waals surface area contributed by atoms with E-state index in [0.29, 0.717) is 0 Å². The Morgan fingerprint density at radius 1 is 1.33 bits per heavy atom. The van der Waals surface area contributed by atoms with Gasteiger partial charge >= 0.3 is 0 Å². The van der Waals surface area contributed by atoms with E-state index in [1.807, 2.05) is 18.2 Å². The highest BCUT2D eigenvalue weighted by Crippen LogP contribution is 2.22. The average molecular weight is 206 g/mol. The van der Waals surface area contributed by atoms with Crippen LogP contribution in [0.25, 0.3) is 0 Å². The second-order valence-corrected chi connectivity index (χ2v) is 4.18. The van der Waals surface area contributed by atoms with Crippen molar-refractivity contribution in [2.24, 2.45) is 0 Å². The summed E-state index contributed by atoms with van der Waals surface area (Å²) in [6.45, 7) is 4.28. The molecular formula is C12H18N2O. The summed E-state index contributed by atoms with van der Waals surface area (Å²) in [5.41, 5.74) is 0.775. The minimum atomic E-state index is -0.468. The van der Waals surface area contributed by atoms with Crippen molar-refractivity contribution in [3.63, 3.8) is 0 Å². The normalized spacial score (nSPS) is 21.5. The molecule has 2 heterocycles. The first kappa shape index (κ1) is 10.6. The summed E-state index contributed by atoms with van der Waals surface area (Å²) in [5.74, 6) is 0. The smallest absolute Gasteiger partial charge is 0.111 e. The Morgan fingerprint density at radius 3 is 2.67 bits per heavy atom. The third kappa shape index (κ3) is 2.36. The average Bonchev–Trinajstić information content (AvgIpc) is 2.82. The molecule has 1 aromatic rings. The van der Waals surface area contributed by atoms with Crippen molar-refractivity contribution < 1.29 is 5.11 Å². The number of pyridine rings is 1.